The SMILES string of the molecule is Cc1ccc2cncc(-n3ncc(C(=O)Nc4cnc(-n5nccn5)c(Cl)c4)c3C(F)(F)F)c2c1. The summed E-state index contributed by atoms with van der Waals surface area (Å²) in [5.41, 5.74) is -0.877. The Kier molecular flexibility index (Phi) is 5.44. The Morgan fingerprint density at radius 1 is 1.03 bits per heavy atom. The van der Waals surface area contributed by atoms with Crippen molar-refractivity contribution in [2.75, 3.05) is 5.32 Å². The number of benzene rings is 1. The smallest absolute Gasteiger partial charge is 0.320 e. The van der Waals surface area contributed by atoms with Gasteiger partial charge in [0.2, 0.25) is 0 Å². The normalized spacial score (nSPS) is 11.7. The number of nitrogens with zero attached hydrogens (tertiary/aromatic N) is 7. The monoisotopic (exact) mass is 498 g/mol. The van der Waals surface area contributed by atoms with Crippen molar-refractivity contribution in [3.63, 3.8) is 0 Å². The number of aromatic nitrogens is 7. The molecule has 0 unspecified atom stereocenters. The number of carbonyl (C=O) groups excluding carboxylic acids is 1. The number of alkyl halides is 3. The molecule has 0 saturated heterocycles. The lowest BCUT2D eigenvalue weighted by atomic mass is 10.1. The first-order chi connectivity index (χ1) is 16.7. The number of halogens is 4. The molecule has 0 aliphatic heterocycles. The van der Waals surface area contributed by atoms with Crippen LogP contribution >= 0.6 is 11.6 Å². The predicted octanol–water partition coefficient (Wildman–Crippen LogP) is 4.63. The van der Waals surface area contributed by atoms with Crippen molar-refractivity contribution in [3.05, 3.63) is 83.3 Å². The number of rotatable bonds is 4. The minimum atomic E-state index is -4.89. The van der Waals surface area contributed by atoms with Crippen LogP contribution in [0.3, 0.4) is 0 Å². The van der Waals surface area contributed by atoms with Crippen LogP contribution in [0.5, 0.6) is 0 Å². The number of aryl methyl sites for hydroxylation is 1. The zero-order chi connectivity index (χ0) is 24.7. The third kappa shape index (κ3) is 4.19. The molecule has 0 aliphatic rings. The third-order valence-electron chi connectivity index (χ3n) is 5.09. The Morgan fingerprint density at radius 2 is 1.80 bits per heavy atom. The van der Waals surface area contributed by atoms with Crippen LogP contribution < -0.4 is 5.32 Å². The quantitative estimate of drug-likeness (QED) is 0.387. The molecule has 0 aliphatic carbocycles. The van der Waals surface area contributed by atoms with Crippen LogP contribution in [0.25, 0.3) is 22.3 Å². The van der Waals surface area contributed by atoms with Gasteiger partial charge < -0.3 is 5.32 Å². The van der Waals surface area contributed by atoms with Gasteiger partial charge in [0.05, 0.1) is 52.9 Å². The van der Waals surface area contributed by atoms with Gasteiger partial charge in [0.1, 0.15) is 0 Å². The Hall–Kier alpha value is -4.32. The number of nitrogens with one attached hydrogen (secondary N) is 1. The molecule has 4 heterocycles. The van der Waals surface area contributed by atoms with Gasteiger partial charge >= 0.3 is 6.18 Å². The van der Waals surface area contributed by atoms with Crippen molar-refractivity contribution >= 4 is 34.0 Å². The molecule has 13 heteroatoms. The fourth-order valence-corrected chi connectivity index (χ4v) is 3.81. The molecule has 0 spiro atoms. The maximum Gasteiger partial charge on any atom is 0.434 e. The van der Waals surface area contributed by atoms with E-state index in [1.165, 1.54) is 35.7 Å². The summed E-state index contributed by atoms with van der Waals surface area (Å²) in [5, 5.41) is 15.3. The summed E-state index contributed by atoms with van der Waals surface area (Å²) in [6.45, 7) is 1.82. The maximum atomic E-state index is 14.2. The zero-order valence-electron chi connectivity index (χ0n) is 17.8. The number of hydrogen-bond acceptors (Lipinski definition) is 6. The summed E-state index contributed by atoms with van der Waals surface area (Å²) >= 11 is 6.19. The van der Waals surface area contributed by atoms with Crippen LogP contribution in [-0.2, 0) is 6.18 Å². The molecule has 0 saturated carbocycles. The van der Waals surface area contributed by atoms with Crippen molar-refractivity contribution in [1.82, 2.24) is 34.7 Å². The van der Waals surface area contributed by atoms with Gasteiger partial charge in [-0.2, -0.15) is 28.5 Å². The molecule has 35 heavy (non-hydrogen) atoms. The third-order valence-corrected chi connectivity index (χ3v) is 5.37. The van der Waals surface area contributed by atoms with Gasteiger partial charge in [0, 0.05) is 17.0 Å². The largest absolute Gasteiger partial charge is 0.434 e. The number of hydrogen-bond donors (Lipinski definition) is 1. The molecule has 176 valence electrons. The van der Waals surface area contributed by atoms with Crippen LogP contribution in [0.1, 0.15) is 21.6 Å². The fraction of sp³-hybridized carbons (Fsp3) is 0.0909. The van der Waals surface area contributed by atoms with Gasteiger partial charge in [-0.15, -0.1) is 4.80 Å². The van der Waals surface area contributed by atoms with Crippen LogP contribution in [-0.4, -0.2) is 40.6 Å². The average molecular weight is 499 g/mol. The second-order valence-corrected chi connectivity index (χ2v) is 7.91. The zero-order valence-corrected chi connectivity index (χ0v) is 18.6. The van der Waals surface area contributed by atoms with Crippen molar-refractivity contribution in [2.45, 2.75) is 13.1 Å². The maximum absolute atomic E-state index is 14.2. The van der Waals surface area contributed by atoms with Gasteiger partial charge in [-0.1, -0.05) is 29.3 Å². The number of fused-ring (bicyclic) bond motifs is 1. The molecule has 1 N–H and O–H groups in total. The Morgan fingerprint density at radius 3 is 2.51 bits per heavy atom. The van der Waals surface area contributed by atoms with Gasteiger partial charge in [0.15, 0.2) is 11.5 Å². The Balaban J connectivity index is 1.54. The highest BCUT2D eigenvalue weighted by atomic mass is 35.5. The van der Waals surface area contributed by atoms with E-state index in [1.54, 1.807) is 18.3 Å². The molecule has 4 aromatic heterocycles. The highest BCUT2D eigenvalue weighted by molar-refractivity contribution is 6.32. The number of pyridine rings is 2. The van der Waals surface area contributed by atoms with Crippen LogP contribution in [0.15, 0.2) is 61.4 Å². The van der Waals surface area contributed by atoms with Gasteiger partial charge in [0.25, 0.3) is 5.91 Å². The summed E-state index contributed by atoms with van der Waals surface area (Å²) in [5.74, 6) is -0.840. The average Bonchev–Trinajstić information content (AvgIpc) is 3.49. The molecular weight excluding hydrogens is 485 g/mol. The van der Waals surface area contributed by atoms with Gasteiger partial charge in [-0.05, 0) is 19.1 Å². The standard InChI is InChI=1S/C22H14ClF3N8O/c1-12-2-3-13-8-27-11-18(15(13)6-12)33-19(22(24,25)26)16(10-31-33)21(35)32-14-7-17(23)20(28-9-14)34-29-4-5-30-34/h2-11H,1H3,(H,32,35). The number of amides is 1. The van der Waals surface area contributed by atoms with Crippen molar-refractivity contribution in [2.24, 2.45) is 0 Å². The first kappa shape index (κ1) is 22.5. The summed E-state index contributed by atoms with van der Waals surface area (Å²) in [6.07, 6.45) is 2.88. The molecule has 5 aromatic rings. The summed E-state index contributed by atoms with van der Waals surface area (Å²) in [4.78, 5) is 22.2. The van der Waals surface area contributed by atoms with Crippen molar-refractivity contribution < 1.29 is 18.0 Å². The molecular formula is C22H14ClF3N8O. The number of carbonyl (C=O) groups is 1. The summed E-state index contributed by atoms with van der Waals surface area (Å²) in [7, 11) is 0. The van der Waals surface area contributed by atoms with Crippen LogP contribution in [0, 0.1) is 6.92 Å². The number of anilines is 1. The minimum Gasteiger partial charge on any atom is -0.320 e. The second kappa shape index (κ2) is 8.47. The van der Waals surface area contributed by atoms with Crippen LogP contribution in [0.4, 0.5) is 18.9 Å². The first-order valence-corrected chi connectivity index (χ1v) is 10.4. The molecule has 0 radical (unpaired) electrons. The topological polar surface area (TPSA) is 103 Å². The molecule has 0 fully saturated rings. The fourth-order valence-electron chi connectivity index (χ4n) is 3.57. The first-order valence-electron chi connectivity index (χ1n) is 10.1. The molecule has 9 nitrogen and oxygen atoms in total. The summed E-state index contributed by atoms with van der Waals surface area (Å²) < 4.78 is 43.2. The Labute approximate surface area is 200 Å². The van der Waals surface area contributed by atoms with E-state index >= 15 is 0 Å². The van der Waals surface area contributed by atoms with E-state index in [2.05, 4.69) is 30.6 Å². The highest BCUT2D eigenvalue weighted by Crippen LogP contribution is 2.35. The van der Waals surface area contributed by atoms with E-state index in [9.17, 15) is 18.0 Å². The highest BCUT2D eigenvalue weighted by Gasteiger charge is 2.41. The van der Waals surface area contributed by atoms with E-state index in [0.717, 1.165) is 11.8 Å². The molecule has 5 rings (SSSR count). The second-order valence-electron chi connectivity index (χ2n) is 7.50. The predicted molar refractivity (Wildman–Crippen MR) is 121 cm³/mol. The Bertz CT molecular complexity index is 1560. The minimum absolute atomic E-state index is 0.0826. The van der Waals surface area contributed by atoms with E-state index in [-0.39, 0.29) is 22.2 Å². The van der Waals surface area contributed by atoms with E-state index < -0.39 is 23.3 Å². The molecule has 1 aromatic carbocycles. The summed E-state index contributed by atoms with van der Waals surface area (Å²) in [6, 6.07) is 6.65. The lowest BCUT2D eigenvalue weighted by Crippen LogP contribution is -2.21. The van der Waals surface area contributed by atoms with Crippen molar-refractivity contribution in [3.8, 4) is 11.5 Å². The molecule has 0 bridgehead atoms. The molecule has 1 amide bonds. The lowest BCUT2D eigenvalue weighted by molar-refractivity contribution is -0.143. The lowest BCUT2D eigenvalue weighted by Gasteiger charge is -2.14. The molecule has 0 atom stereocenters. The van der Waals surface area contributed by atoms with Gasteiger partial charge in [-0.3, -0.25) is 9.78 Å². The van der Waals surface area contributed by atoms with Gasteiger partial charge in [-0.25, -0.2) is 9.67 Å². The van der Waals surface area contributed by atoms with E-state index in [4.69, 9.17) is 11.6 Å². The van der Waals surface area contributed by atoms with Crippen LogP contribution in [0.2, 0.25) is 5.02 Å². The van der Waals surface area contributed by atoms with Crippen molar-refractivity contribution in [1.29, 1.82) is 0 Å². The van der Waals surface area contributed by atoms with E-state index in [1.807, 2.05) is 13.0 Å². The van der Waals surface area contributed by atoms with E-state index in [0.29, 0.717) is 15.5 Å².